The van der Waals surface area contributed by atoms with Gasteiger partial charge in [-0.05, 0) is 12.8 Å². The van der Waals surface area contributed by atoms with E-state index in [2.05, 4.69) is 5.32 Å². The van der Waals surface area contributed by atoms with Crippen molar-refractivity contribution in [2.24, 2.45) is 5.41 Å². The average molecular weight is 195 g/mol. The van der Waals surface area contributed by atoms with Gasteiger partial charge in [0.2, 0.25) is 0 Å². The van der Waals surface area contributed by atoms with Crippen molar-refractivity contribution >= 4 is 11.8 Å². The largest absolute Gasteiger partial charge is 0.480 e. The molecular formula is C10H13NO3. The first-order chi connectivity index (χ1) is 6.65. The van der Waals surface area contributed by atoms with E-state index in [9.17, 15) is 9.59 Å². The lowest BCUT2D eigenvalue weighted by atomic mass is 9.70. The molecule has 0 atom stereocenters. The molecule has 4 nitrogen and oxygen atoms in total. The summed E-state index contributed by atoms with van der Waals surface area (Å²) in [7, 11) is 0. The zero-order valence-corrected chi connectivity index (χ0v) is 7.88. The van der Waals surface area contributed by atoms with Gasteiger partial charge in [0.15, 0.2) is 5.78 Å². The highest BCUT2D eigenvalue weighted by molar-refractivity contribution is 6.05. The fourth-order valence-corrected chi connectivity index (χ4v) is 2.35. The quantitative estimate of drug-likeness (QED) is 0.695. The highest BCUT2D eigenvalue weighted by Crippen LogP contribution is 2.49. The van der Waals surface area contributed by atoms with Gasteiger partial charge in [0.25, 0.3) is 0 Å². The van der Waals surface area contributed by atoms with E-state index in [0.29, 0.717) is 0 Å². The molecule has 1 spiro atoms. The number of allylic oxidation sites excluding steroid dienone is 2. The summed E-state index contributed by atoms with van der Waals surface area (Å²) in [6, 6.07) is 0. The Bertz CT molecular complexity index is 313. The maximum absolute atomic E-state index is 11.4. The second kappa shape index (κ2) is 3.12. The van der Waals surface area contributed by atoms with Crippen molar-refractivity contribution < 1.29 is 14.7 Å². The molecule has 2 rings (SSSR count). The third-order valence-corrected chi connectivity index (χ3v) is 3.15. The van der Waals surface area contributed by atoms with E-state index in [-0.39, 0.29) is 17.7 Å². The van der Waals surface area contributed by atoms with Crippen molar-refractivity contribution in [1.82, 2.24) is 5.32 Å². The van der Waals surface area contributed by atoms with Crippen LogP contribution in [0, 0.1) is 5.41 Å². The minimum Gasteiger partial charge on any atom is -0.480 e. The topological polar surface area (TPSA) is 66.4 Å². The molecule has 76 valence electrons. The van der Waals surface area contributed by atoms with Crippen LogP contribution in [0.2, 0.25) is 0 Å². The number of carbonyl (C=O) groups excluding carboxylic acids is 1. The fourth-order valence-electron chi connectivity index (χ4n) is 2.35. The third-order valence-electron chi connectivity index (χ3n) is 3.15. The third kappa shape index (κ3) is 1.22. The van der Waals surface area contributed by atoms with E-state index in [0.717, 1.165) is 31.4 Å². The molecule has 2 aliphatic carbocycles. The highest BCUT2D eigenvalue weighted by atomic mass is 16.4. The molecule has 2 N–H and O–H groups in total. The Morgan fingerprint density at radius 2 is 2.14 bits per heavy atom. The summed E-state index contributed by atoms with van der Waals surface area (Å²) < 4.78 is 0. The lowest BCUT2D eigenvalue weighted by Gasteiger charge is -2.37. The second-order valence-electron chi connectivity index (χ2n) is 3.96. The normalized spacial score (nSPS) is 23.1. The lowest BCUT2D eigenvalue weighted by molar-refractivity contribution is -0.136. The average Bonchev–Trinajstić information content (AvgIpc) is 2.62. The standard InChI is InChI=1S/C10H13NO3/c12-8-5-7(11-6-9(13)14)10(8)3-1-2-4-10/h5,11H,1-4,6H2,(H,13,14). The summed E-state index contributed by atoms with van der Waals surface area (Å²) >= 11 is 0. The first-order valence-electron chi connectivity index (χ1n) is 4.87. The molecule has 14 heavy (non-hydrogen) atoms. The number of ketones is 1. The Kier molecular flexibility index (Phi) is 2.06. The summed E-state index contributed by atoms with van der Waals surface area (Å²) in [5, 5.41) is 11.3. The van der Waals surface area contributed by atoms with Crippen molar-refractivity contribution in [1.29, 1.82) is 0 Å². The van der Waals surface area contributed by atoms with Gasteiger partial charge in [-0.25, -0.2) is 0 Å². The van der Waals surface area contributed by atoms with Gasteiger partial charge in [-0.2, -0.15) is 0 Å². The summed E-state index contributed by atoms with van der Waals surface area (Å²) in [5.74, 6) is -0.721. The summed E-state index contributed by atoms with van der Waals surface area (Å²) in [6.07, 6.45) is 5.43. The van der Waals surface area contributed by atoms with E-state index in [1.54, 1.807) is 0 Å². The van der Waals surface area contributed by atoms with E-state index in [4.69, 9.17) is 5.11 Å². The van der Waals surface area contributed by atoms with Gasteiger partial charge in [0.1, 0.15) is 6.54 Å². The van der Waals surface area contributed by atoms with Crippen LogP contribution in [-0.2, 0) is 9.59 Å². The molecule has 0 aromatic heterocycles. The molecule has 0 aromatic rings. The maximum Gasteiger partial charge on any atom is 0.322 e. The number of aliphatic carboxylic acids is 1. The zero-order chi connectivity index (χ0) is 10.2. The molecule has 2 aliphatic rings. The van der Waals surface area contributed by atoms with Gasteiger partial charge in [0.05, 0.1) is 5.41 Å². The monoisotopic (exact) mass is 195 g/mol. The van der Waals surface area contributed by atoms with E-state index in [1.165, 1.54) is 6.08 Å². The number of hydrogen-bond acceptors (Lipinski definition) is 3. The van der Waals surface area contributed by atoms with Crippen LogP contribution in [-0.4, -0.2) is 23.4 Å². The highest BCUT2D eigenvalue weighted by Gasteiger charge is 2.49. The zero-order valence-electron chi connectivity index (χ0n) is 7.88. The summed E-state index contributed by atoms with van der Waals surface area (Å²) in [4.78, 5) is 21.8. The van der Waals surface area contributed by atoms with Gasteiger partial charge in [-0.3, -0.25) is 9.59 Å². The van der Waals surface area contributed by atoms with Crippen LogP contribution in [0.25, 0.3) is 0 Å². The second-order valence-corrected chi connectivity index (χ2v) is 3.96. The molecular weight excluding hydrogens is 182 g/mol. The van der Waals surface area contributed by atoms with Crippen LogP contribution in [0.15, 0.2) is 11.8 Å². The predicted octanol–water partition coefficient (Wildman–Crippen LogP) is 0.688. The first-order valence-corrected chi connectivity index (χ1v) is 4.87. The number of hydrogen-bond donors (Lipinski definition) is 2. The van der Waals surface area contributed by atoms with E-state index < -0.39 is 5.97 Å². The Morgan fingerprint density at radius 1 is 1.50 bits per heavy atom. The van der Waals surface area contributed by atoms with Crippen LogP contribution in [0.1, 0.15) is 25.7 Å². The van der Waals surface area contributed by atoms with Crippen molar-refractivity contribution in [2.45, 2.75) is 25.7 Å². The van der Waals surface area contributed by atoms with Crippen LogP contribution in [0.3, 0.4) is 0 Å². The molecule has 0 aliphatic heterocycles. The van der Waals surface area contributed by atoms with Gasteiger partial charge < -0.3 is 10.4 Å². The number of nitrogens with one attached hydrogen (secondary N) is 1. The Labute approximate surface area is 82.0 Å². The van der Waals surface area contributed by atoms with Crippen LogP contribution in [0.4, 0.5) is 0 Å². The lowest BCUT2D eigenvalue weighted by Crippen LogP contribution is -2.45. The smallest absolute Gasteiger partial charge is 0.322 e. The van der Waals surface area contributed by atoms with Gasteiger partial charge in [-0.1, -0.05) is 12.8 Å². The van der Waals surface area contributed by atoms with Crippen molar-refractivity contribution in [3.63, 3.8) is 0 Å². The number of carboxylic acid groups (broad SMARTS) is 1. The van der Waals surface area contributed by atoms with E-state index in [1.807, 2.05) is 0 Å². The Balaban J connectivity index is 2.03. The maximum atomic E-state index is 11.4. The molecule has 1 saturated carbocycles. The molecule has 0 bridgehead atoms. The summed E-state index contributed by atoms with van der Waals surface area (Å²) in [6.45, 7) is -0.0964. The number of rotatable bonds is 3. The molecule has 0 unspecified atom stereocenters. The Morgan fingerprint density at radius 3 is 2.64 bits per heavy atom. The molecule has 0 radical (unpaired) electrons. The SMILES string of the molecule is O=C(O)CNC1=CC(=O)C12CCCC2. The first kappa shape index (κ1) is 9.24. The van der Waals surface area contributed by atoms with Gasteiger partial charge >= 0.3 is 5.97 Å². The summed E-state index contributed by atoms with van der Waals surface area (Å²) in [5.41, 5.74) is 0.512. The number of carbonyl (C=O) groups is 2. The molecule has 0 heterocycles. The molecule has 4 heteroatoms. The van der Waals surface area contributed by atoms with Crippen LogP contribution in [0.5, 0.6) is 0 Å². The fraction of sp³-hybridized carbons (Fsp3) is 0.600. The minimum atomic E-state index is -0.890. The van der Waals surface area contributed by atoms with E-state index >= 15 is 0 Å². The van der Waals surface area contributed by atoms with Gasteiger partial charge in [0, 0.05) is 11.8 Å². The molecule has 1 fully saturated rings. The van der Waals surface area contributed by atoms with Crippen LogP contribution < -0.4 is 5.32 Å². The molecule has 0 amide bonds. The van der Waals surface area contributed by atoms with Crippen molar-refractivity contribution in [2.75, 3.05) is 6.54 Å². The van der Waals surface area contributed by atoms with Crippen molar-refractivity contribution in [3.8, 4) is 0 Å². The molecule has 0 saturated heterocycles. The predicted molar refractivity (Wildman–Crippen MR) is 49.6 cm³/mol. The van der Waals surface area contributed by atoms with Crippen LogP contribution >= 0.6 is 0 Å². The van der Waals surface area contributed by atoms with Gasteiger partial charge in [-0.15, -0.1) is 0 Å². The minimum absolute atomic E-state index is 0.0964. The molecule has 0 aromatic carbocycles. The van der Waals surface area contributed by atoms with Crippen molar-refractivity contribution in [3.05, 3.63) is 11.8 Å². The number of carboxylic acids is 1. The Hall–Kier alpha value is -1.32.